The second-order valence-corrected chi connectivity index (χ2v) is 6.19. The molecule has 5 nitrogen and oxygen atoms in total. The first-order valence-corrected chi connectivity index (χ1v) is 7.64. The Balaban J connectivity index is 1.84. The fraction of sp³-hybridized carbons (Fsp3) is 0.333. The van der Waals surface area contributed by atoms with E-state index in [2.05, 4.69) is 38.0 Å². The van der Waals surface area contributed by atoms with Gasteiger partial charge in [0.2, 0.25) is 0 Å². The van der Waals surface area contributed by atoms with E-state index in [0.29, 0.717) is 6.54 Å². The molecule has 2 aromatic rings. The molecule has 0 radical (unpaired) electrons. The minimum Gasteiger partial charge on any atom is -0.339 e. The molecule has 0 atom stereocenters. The molecular weight excluding hydrogens is 332 g/mol. The lowest BCUT2D eigenvalue weighted by atomic mass is 10.1. The Morgan fingerprint density at radius 3 is 2.90 bits per heavy atom. The molecule has 0 unspecified atom stereocenters. The van der Waals surface area contributed by atoms with Crippen molar-refractivity contribution in [3.8, 4) is 0 Å². The molecule has 0 bridgehead atoms. The molecule has 0 fully saturated rings. The first-order chi connectivity index (χ1) is 10.1. The number of nitrogens with one attached hydrogen (secondary N) is 1. The number of fused-ring (bicyclic) bond motifs is 1. The number of urea groups is 1. The highest BCUT2D eigenvalue weighted by Crippen LogP contribution is 2.28. The molecule has 110 valence electrons. The maximum absolute atomic E-state index is 11.9. The molecular formula is C15H17BrN4O. The van der Waals surface area contributed by atoms with E-state index in [4.69, 9.17) is 0 Å². The number of aromatic amines is 1. The number of hydrogen-bond acceptors (Lipinski definition) is 2. The molecule has 0 aliphatic carbocycles. The zero-order chi connectivity index (χ0) is 15.0. The van der Waals surface area contributed by atoms with Crippen molar-refractivity contribution in [1.29, 1.82) is 0 Å². The summed E-state index contributed by atoms with van der Waals surface area (Å²) in [4.78, 5) is 23.1. The Labute approximate surface area is 131 Å². The van der Waals surface area contributed by atoms with Gasteiger partial charge in [0.15, 0.2) is 0 Å². The van der Waals surface area contributed by atoms with E-state index in [-0.39, 0.29) is 6.03 Å². The minimum absolute atomic E-state index is 0.0614. The number of nitrogens with zero attached hydrogens (tertiary/aromatic N) is 3. The van der Waals surface area contributed by atoms with E-state index in [9.17, 15) is 4.79 Å². The number of carbonyl (C=O) groups excluding carboxylic acids is 1. The van der Waals surface area contributed by atoms with Gasteiger partial charge in [-0.05, 0) is 40.1 Å². The standard InChI is InChI=1S/C15H17BrN4O/c1-19(2)15(21)20-7-4-10(5-8-20)13-9-11-12(16)3-6-17-14(11)18-13/h3-4,6,9H,5,7-8H2,1-2H3,(H,17,18). The third kappa shape index (κ3) is 2.68. The monoisotopic (exact) mass is 348 g/mol. The molecule has 1 aliphatic rings. The smallest absolute Gasteiger partial charge is 0.319 e. The van der Waals surface area contributed by atoms with Crippen LogP contribution in [-0.2, 0) is 0 Å². The highest BCUT2D eigenvalue weighted by Gasteiger charge is 2.20. The number of halogens is 1. The SMILES string of the molecule is CN(C)C(=O)N1CC=C(c2cc3c(Br)ccnc3[nH]2)CC1. The predicted molar refractivity (Wildman–Crippen MR) is 87.0 cm³/mol. The van der Waals surface area contributed by atoms with Gasteiger partial charge >= 0.3 is 6.03 Å². The van der Waals surface area contributed by atoms with Crippen molar-refractivity contribution < 1.29 is 4.79 Å². The van der Waals surface area contributed by atoms with Crippen molar-refractivity contribution in [3.05, 3.63) is 34.6 Å². The lowest BCUT2D eigenvalue weighted by Gasteiger charge is -2.28. The number of carbonyl (C=O) groups is 1. The van der Waals surface area contributed by atoms with Crippen LogP contribution < -0.4 is 0 Å². The molecule has 21 heavy (non-hydrogen) atoms. The molecule has 0 spiro atoms. The number of pyridine rings is 1. The summed E-state index contributed by atoms with van der Waals surface area (Å²) in [5.41, 5.74) is 3.20. The minimum atomic E-state index is 0.0614. The maximum Gasteiger partial charge on any atom is 0.319 e. The van der Waals surface area contributed by atoms with E-state index < -0.39 is 0 Å². The molecule has 6 heteroatoms. The van der Waals surface area contributed by atoms with Crippen LogP contribution in [0.2, 0.25) is 0 Å². The lowest BCUT2D eigenvalue weighted by molar-refractivity contribution is 0.176. The molecule has 0 aromatic carbocycles. The van der Waals surface area contributed by atoms with Crippen molar-refractivity contribution >= 4 is 38.6 Å². The second kappa shape index (κ2) is 5.52. The van der Waals surface area contributed by atoms with Crippen LogP contribution in [0.4, 0.5) is 4.79 Å². The highest BCUT2D eigenvalue weighted by molar-refractivity contribution is 9.10. The van der Waals surface area contributed by atoms with Gasteiger partial charge in [0.1, 0.15) is 5.65 Å². The van der Waals surface area contributed by atoms with Crippen molar-refractivity contribution in [3.63, 3.8) is 0 Å². The molecule has 0 saturated carbocycles. The summed E-state index contributed by atoms with van der Waals surface area (Å²) < 4.78 is 1.04. The quantitative estimate of drug-likeness (QED) is 0.860. The van der Waals surface area contributed by atoms with Gasteiger partial charge in [-0.15, -0.1) is 0 Å². The Kier molecular flexibility index (Phi) is 3.71. The Morgan fingerprint density at radius 1 is 1.48 bits per heavy atom. The highest BCUT2D eigenvalue weighted by atomic mass is 79.9. The number of amides is 2. The van der Waals surface area contributed by atoms with Gasteiger partial charge in [-0.25, -0.2) is 9.78 Å². The van der Waals surface area contributed by atoms with Gasteiger partial charge in [-0.1, -0.05) is 6.08 Å². The summed E-state index contributed by atoms with van der Waals surface area (Å²) in [5, 5.41) is 1.08. The molecule has 2 aromatic heterocycles. The predicted octanol–water partition coefficient (Wildman–Crippen LogP) is 3.10. The summed E-state index contributed by atoms with van der Waals surface area (Å²) in [6.07, 6.45) is 4.74. The van der Waals surface area contributed by atoms with Gasteiger partial charge in [-0.3, -0.25) is 0 Å². The summed E-state index contributed by atoms with van der Waals surface area (Å²) in [6, 6.07) is 4.11. The van der Waals surface area contributed by atoms with Crippen LogP contribution >= 0.6 is 15.9 Å². The van der Waals surface area contributed by atoms with Crippen molar-refractivity contribution in [2.75, 3.05) is 27.2 Å². The average Bonchev–Trinajstić information content (AvgIpc) is 2.92. The van der Waals surface area contributed by atoms with E-state index in [1.165, 1.54) is 5.57 Å². The Morgan fingerprint density at radius 2 is 2.29 bits per heavy atom. The van der Waals surface area contributed by atoms with Gasteiger partial charge < -0.3 is 14.8 Å². The van der Waals surface area contributed by atoms with E-state index in [1.54, 1.807) is 25.2 Å². The molecule has 3 rings (SSSR count). The molecule has 2 amide bonds. The van der Waals surface area contributed by atoms with E-state index in [0.717, 1.165) is 34.2 Å². The summed E-state index contributed by atoms with van der Waals surface area (Å²) >= 11 is 3.54. The van der Waals surface area contributed by atoms with Crippen LogP contribution in [0, 0.1) is 0 Å². The van der Waals surface area contributed by atoms with Crippen LogP contribution in [0.5, 0.6) is 0 Å². The zero-order valence-electron chi connectivity index (χ0n) is 12.1. The van der Waals surface area contributed by atoms with Crippen LogP contribution in [0.1, 0.15) is 12.1 Å². The topological polar surface area (TPSA) is 52.2 Å². The Bertz CT molecular complexity index is 720. The van der Waals surface area contributed by atoms with E-state index >= 15 is 0 Å². The lowest BCUT2D eigenvalue weighted by Crippen LogP contribution is -2.41. The van der Waals surface area contributed by atoms with Crippen LogP contribution in [0.3, 0.4) is 0 Å². The van der Waals surface area contributed by atoms with Crippen molar-refractivity contribution in [2.24, 2.45) is 0 Å². The summed E-state index contributed by atoms with van der Waals surface area (Å²) in [7, 11) is 3.56. The van der Waals surface area contributed by atoms with Crippen molar-refractivity contribution in [1.82, 2.24) is 19.8 Å². The van der Waals surface area contributed by atoms with Gasteiger partial charge in [0, 0.05) is 48.9 Å². The normalized spacial score (nSPS) is 15.2. The first kappa shape index (κ1) is 14.1. The number of hydrogen-bond donors (Lipinski definition) is 1. The second-order valence-electron chi connectivity index (χ2n) is 5.34. The fourth-order valence-corrected chi connectivity index (χ4v) is 2.96. The van der Waals surface area contributed by atoms with Crippen LogP contribution in [0.25, 0.3) is 16.6 Å². The molecule has 1 N–H and O–H groups in total. The van der Waals surface area contributed by atoms with Crippen LogP contribution in [0.15, 0.2) is 28.9 Å². The average molecular weight is 349 g/mol. The molecule has 1 aliphatic heterocycles. The van der Waals surface area contributed by atoms with Gasteiger partial charge in [0.05, 0.1) is 0 Å². The zero-order valence-corrected chi connectivity index (χ0v) is 13.6. The summed E-state index contributed by atoms with van der Waals surface area (Å²) in [6.45, 7) is 1.39. The molecule has 0 saturated heterocycles. The maximum atomic E-state index is 11.9. The van der Waals surface area contributed by atoms with Crippen molar-refractivity contribution in [2.45, 2.75) is 6.42 Å². The van der Waals surface area contributed by atoms with Gasteiger partial charge in [-0.2, -0.15) is 0 Å². The largest absolute Gasteiger partial charge is 0.339 e. The number of H-pyrrole nitrogens is 1. The fourth-order valence-electron chi connectivity index (χ4n) is 2.54. The van der Waals surface area contributed by atoms with Gasteiger partial charge in [0.25, 0.3) is 0 Å². The third-order valence-corrected chi connectivity index (χ3v) is 4.38. The third-order valence-electron chi connectivity index (χ3n) is 3.69. The summed E-state index contributed by atoms with van der Waals surface area (Å²) in [5.74, 6) is 0. The number of rotatable bonds is 1. The molecule has 3 heterocycles. The Hall–Kier alpha value is -1.82. The van der Waals surface area contributed by atoms with E-state index in [1.807, 2.05) is 11.0 Å². The van der Waals surface area contributed by atoms with Crippen LogP contribution in [-0.4, -0.2) is 53.0 Å². The number of aromatic nitrogens is 2. The first-order valence-electron chi connectivity index (χ1n) is 6.85.